The van der Waals surface area contributed by atoms with E-state index in [1.54, 1.807) is 12.1 Å². The SMILES string of the molecule is Cc1cc(C[S@@](=O)Cc2cc(Cl)c3c(c2)OCCCO3)on1. The molecule has 0 N–H and O–H groups in total. The molecule has 0 radical (unpaired) electrons. The van der Waals surface area contributed by atoms with Crippen molar-refractivity contribution in [2.75, 3.05) is 13.2 Å². The van der Waals surface area contributed by atoms with Crippen LogP contribution in [0.25, 0.3) is 0 Å². The van der Waals surface area contributed by atoms with Crippen LogP contribution in [0.2, 0.25) is 5.02 Å². The van der Waals surface area contributed by atoms with Gasteiger partial charge in [-0.1, -0.05) is 16.8 Å². The number of hydrogen-bond donors (Lipinski definition) is 0. The number of ether oxygens (including phenoxy) is 2. The van der Waals surface area contributed by atoms with Gasteiger partial charge in [0.15, 0.2) is 11.5 Å². The van der Waals surface area contributed by atoms with Crippen molar-refractivity contribution in [3.63, 3.8) is 0 Å². The lowest BCUT2D eigenvalue weighted by molar-refractivity contribution is 0.297. The molecule has 0 unspecified atom stereocenters. The highest BCUT2D eigenvalue weighted by Crippen LogP contribution is 2.38. The zero-order chi connectivity index (χ0) is 15.5. The van der Waals surface area contributed by atoms with Crippen LogP contribution in [0.1, 0.15) is 23.4 Å². The molecule has 1 aliphatic heterocycles. The number of fused-ring (bicyclic) bond motifs is 1. The monoisotopic (exact) mass is 341 g/mol. The van der Waals surface area contributed by atoms with Gasteiger partial charge in [-0.05, 0) is 24.6 Å². The minimum atomic E-state index is -1.11. The lowest BCUT2D eigenvalue weighted by Gasteiger charge is -2.11. The average Bonchev–Trinajstić information content (AvgIpc) is 2.72. The molecule has 0 saturated carbocycles. The topological polar surface area (TPSA) is 61.6 Å². The van der Waals surface area contributed by atoms with E-state index >= 15 is 0 Å². The number of hydrogen-bond acceptors (Lipinski definition) is 5. The molecule has 0 spiro atoms. The molecule has 0 fully saturated rings. The summed E-state index contributed by atoms with van der Waals surface area (Å²) in [4.78, 5) is 0. The van der Waals surface area contributed by atoms with Gasteiger partial charge in [0.05, 0.1) is 29.7 Å². The second-order valence-electron chi connectivity index (χ2n) is 5.12. The molecule has 5 nitrogen and oxygen atoms in total. The van der Waals surface area contributed by atoms with Gasteiger partial charge in [0.25, 0.3) is 0 Å². The second kappa shape index (κ2) is 6.71. The van der Waals surface area contributed by atoms with Crippen LogP contribution in [0, 0.1) is 6.92 Å². The molecule has 1 aromatic carbocycles. The molecule has 1 aliphatic rings. The molecule has 2 heterocycles. The maximum absolute atomic E-state index is 12.2. The largest absolute Gasteiger partial charge is 0.489 e. The third kappa shape index (κ3) is 3.62. The molecule has 0 bridgehead atoms. The minimum absolute atomic E-state index is 0.326. The fourth-order valence-electron chi connectivity index (χ4n) is 2.25. The van der Waals surface area contributed by atoms with Gasteiger partial charge >= 0.3 is 0 Å². The Hall–Kier alpha value is -1.53. The summed E-state index contributed by atoms with van der Waals surface area (Å²) in [5.41, 5.74) is 1.63. The van der Waals surface area contributed by atoms with Crippen molar-refractivity contribution < 1.29 is 18.2 Å². The normalized spacial score (nSPS) is 15.4. The molecule has 3 rings (SSSR count). The lowest BCUT2D eigenvalue weighted by atomic mass is 10.2. The van der Waals surface area contributed by atoms with E-state index in [2.05, 4.69) is 5.16 Å². The molecule has 1 aromatic heterocycles. The molecule has 118 valence electrons. The quantitative estimate of drug-likeness (QED) is 0.854. The zero-order valence-corrected chi connectivity index (χ0v) is 13.7. The highest BCUT2D eigenvalue weighted by Gasteiger charge is 2.17. The lowest BCUT2D eigenvalue weighted by Crippen LogP contribution is -2.00. The fourth-order valence-corrected chi connectivity index (χ4v) is 3.63. The Morgan fingerprint density at radius 3 is 2.82 bits per heavy atom. The Labute approximate surface area is 136 Å². The van der Waals surface area contributed by atoms with Crippen LogP contribution in [-0.4, -0.2) is 22.6 Å². The molecule has 22 heavy (non-hydrogen) atoms. The third-order valence-electron chi connectivity index (χ3n) is 3.17. The Bertz CT molecular complexity index is 701. The molecule has 0 aliphatic carbocycles. The van der Waals surface area contributed by atoms with Crippen LogP contribution < -0.4 is 9.47 Å². The summed E-state index contributed by atoms with van der Waals surface area (Å²) < 4.78 is 28.6. The molecule has 7 heteroatoms. The summed E-state index contributed by atoms with van der Waals surface area (Å²) >= 11 is 6.23. The van der Waals surface area contributed by atoms with Crippen LogP contribution >= 0.6 is 11.6 Å². The molecule has 1 atom stereocenters. The minimum Gasteiger partial charge on any atom is -0.489 e. The van der Waals surface area contributed by atoms with Crippen molar-refractivity contribution in [1.29, 1.82) is 0 Å². The first kappa shape index (κ1) is 15.4. The smallest absolute Gasteiger partial charge is 0.179 e. The van der Waals surface area contributed by atoms with Crippen molar-refractivity contribution in [2.24, 2.45) is 0 Å². The van der Waals surface area contributed by atoms with Gasteiger partial charge in [-0.15, -0.1) is 0 Å². The van der Waals surface area contributed by atoms with E-state index in [4.69, 9.17) is 25.6 Å². The van der Waals surface area contributed by atoms with E-state index in [-0.39, 0.29) is 0 Å². The van der Waals surface area contributed by atoms with Gasteiger partial charge in [0, 0.05) is 29.0 Å². The number of benzene rings is 1. The third-order valence-corrected chi connectivity index (χ3v) is 4.71. The van der Waals surface area contributed by atoms with E-state index in [0.717, 1.165) is 17.7 Å². The number of rotatable bonds is 4. The number of aromatic nitrogens is 1. The first-order valence-corrected chi connectivity index (χ1v) is 8.83. The highest BCUT2D eigenvalue weighted by atomic mass is 35.5. The molecular formula is C15H16ClNO4S. The van der Waals surface area contributed by atoms with E-state index in [1.165, 1.54) is 0 Å². The summed E-state index contributed by atoms with van der Waals surface area (Å²) in [7, 11) is -1.11. The molecular weight excluding hydrogens is 326 g/mol. The van der Waals surface area contributed by atoms with Crippen molar-refractivity contribution in [2.45, 2.75) is 24.9 Å². The first-order valence-electron chi connectivity index (χ1n) is 6.97. The van der Waals surface area contributed by atoms with Gasteiger partial charge in [-0.3, -0.25) is 4.21 Å². The Morgan fingerprint density at radius 2 is 2.05 bits per heavy atom. The van der Waals surface area contributed by atoms with Gasteiger partial charge in [0.1, 0.15) is 5.76 Å². The summed E-state index contributed by atoms with van der Waals surface area (Å²) in [6.45, 7) is 3.01. The Morgan fingerprint density at radius 1 is 1.23 bits per heavy atom. The van der Waals surface area contributed by atoms with Crippen LogP contribution in [0.3, 0.4) is 0 Å². The predicted molar refractivity (Wildman–Crippen MR) is 83.8 cm³/mol. The predicted octanol–water partition coefficient (Wildman–Crippen LogP) is 3.25. The molecule has 2 aromatic rings. The van der Waals surface area contributed by atoms with Crippen molar-refractivity contribution in [3.05, 3.63) is 40.2 Å². The summed E-state index contributed by atoms with van der Waals surface area (Å²) in [5, 5.41) is 4.28. The van der Waals surface area contributed by atoms with Gasteiger partial charge in [-0.25, -0.2) is 0 Å². The number of halogens is 1. The van der Waals surface area contributed by atoms with Crippen molar-refractivity contribution in [1.82, 2.24) is 5.16 Å². The second-order valence-corrected chi connectivity index (χ2v) is 6.98. The van der Waals surface area contributed by atoms with Gasteiger partial charge < -0.3 is 14.0 Å². The molecule has 0 amide bonds. The van der Waals surface area contributed by atoms with Crippen molar-refractivity contribution in [3.8, 4) is 11.5 Å². The van der Waals surface area contributed by atoms with Crippen LogP contribution in [-0.2, 0) is 22.3 Å². The Kier molecular flexibility index (Phi) is 4.69. The summed E-state index contributed by atoms with van der Waals surface area (Å²) in [5.74, 6) is 2.51. The standard InChI is InChI=1S/C15H16ClNO4S/c1-10-5-12(21-17-10)9-22(18)8-11-6-13(16)15-14(7-11)19-3-2-4-20-15/h5-7H,2-4,8-9H2,1H3/t22-/m0/s1. The van der Waals surface area contributed by atoms with E-state index in [1.807, 2.05) is 13.0 Å². The van der Waals surface area contributed by atoms with Crippen LogP contribution in [0.15, 0.2) is 22.7 Å². The average molecular weight is 342 g/mol. The summed E-state index contributed by atoms with van der Waals surface area (Å²) in [6.07, 6.45) is 0.817. The highest BCUT2D eigenvalue weighted by molar-refractivity contribution is 7.83. The number of nitrogens with zero attached hydrogens (tertiary/aromatic N) is 1. The van der Waals surface area contributed by atoms with Crippen LogP contribution in [0.5, 0.6) is 11.5 Å². The first-order chi connectivity index (χ1) is 10.6. The maximum atomic E-state index is 12.2. The summed E-state index contributed by atoms with van der Waals surface area (Å²) in [6, 6.07) is 5.41. The Balaban J connectivity index is 1.73. The van der Waals surface area contributed by atoms with E-state index in [0.29, 0.717) is 47.0 Å². The van der Waals surface area contributed by atoms with Gasteiger partial charge in [0.2, 0.25) is 0 Å². The van der Waals surface area contributed by atoms with Gasteiger partial charge in [-0.2, -0.15) is 0 Å². The fraction of sp³-hybridized carbons (Fsp3) is 0.400. The molecule has 0 saturated heterocycles. The van der Waals surface area contributed by atoms with E-state index in [9.17, 15) is 4.21 Å². The van der Waals surface area contributed by atoms with Crippen molar-refractivity contribution >= 4 is 22.4 Å². The maximum Gasteiger partial charge on any atom is 0.179 e. The van der Waals surface area contributed by atoms with Crippen LogP contribution in [0.4, 0.5) is 0 Å². The zero-order valence-electron chi connectivity index (χ0n) is 12.1. The van der Waals surface area contributed by atoms with E-state index < -0.39 is 10.8 Å². The number of aryl methyl sites for hydroxylation is 1.